The van der Waals surface area contributed by atoms with E-state index in [1.165, 1.54) is 16.7 Å². The molecule has 0 aliphatic rings. The van der Waals surface area contributed by atoms with Gasteiger partial charge in [0.15, 0.2) is 0 Å². The zero-order chi connectivity index (χ0) is 10.7. The van der Waals surface area contributed by atoms with E-state index in [9.17, 15) is 0 Å². The summed E-state index contributed by atoms with van der Waals surface area (Å²) in [6, 6.07) is 6.69. The van der Waals surface area contributed by atoms with Crippen molar-refractivity contribution in [2.24, 2.45) is 0 Å². The number of imidazole rings is 1. The fraction of sp³-hybridized carbons (Fsp3) is 0.308. The van der Waals surface area contributed by atoms with E-state index in [1.807, 2.05) is 18.7 Å². The van der Waals surface area contributed by atoms with E-state index in [0.29, 0.717) is 0 Å². The average Bonchev–Trinajstić information content (AvgIpc) is 2.71. The van der Waals surface area contributed by atoms with E-state index in [0.717, 1.165) is 13.0 Å². The minimum Gasteiger partial charge on any atom is -0.333 e. The molecule has 0 fully saturated rings. The number of aromatic nitrogens is 2. The van der Waals surface area contributed by atoms with Crippen molar-refractivity contribution in [3.8, 4) is 0 Å². The number of aryl methyl sites for hydroxylation is 2. The zero-order valence-electron chi connectivity index (χ0n) is 9.27. The summed E-state index contributed by atoms with van der Waals surface area (Å²) < 4.78 is 2.08. The summed E-state index contributed by atoms with van der Waals surface area (Å²) in [4.78, 5) is 4.04. The minimum atomic E-state index is 0.908. The second kappa shape index (κ2) is 4.30. The molecule has 2 rings (SSSR count). The van der Waals surface area contributed by atoms with E-state index < -0.39 is 0 Å². The third-order valence-corrected chi connectivity index (χ3v) is 2.71. The highest BCUT2D eigenvalue weighted by Gasteiger charge is 1.99. The van der Waals surface area contributed by atoms with E-state index in [-0.39, 0.29) is 0 Å². The molecule has 0 unspecified atom stereocenters. The first-order chi connectivity index (χ1) is 7.29. The number of benzene rings is 1. The summed E-state index contributed by atoms with van der Waals surface area (Å²) in [5.41, 5.74) is 4.15. The summed E-state index contributed by atoms with van der Waals surface area (Å²) in [5.74, 6) is 0. The summed E-state index contributed by atoms with van der Waals surface area (Å²) in [5, 5.41) is 0. The maximum Gasteiger partial charge on any atom is 0.0949 e. The molecule has 2 aromatic rings. The van der Waals surface area contributed by atoms with E-state index in [4.69, 9.17) is 0 Å². The maximum absolute atomic E-state index is 4.04. The molecule has 2 nitrogen and oxygen atoms in total. The van der Waals surface area contributed by atoms with Gasteiger partial charge in [-0.2, -0.15) is 0 Å². The lowest BCUT2D eigenvalue weighted by Gasteiger charge is -2.07. The Morgan fingerprint density at radius 2 is 2.20 bits per heavy atom. The van der Waals surface area contributed by atoms with Crippen LogP contribution in [0.1, 0.15) is 23.6 Å². The van der Waals surface area contributed by atoms with Crippen LogP contribution >= 0.6 is 0 Å². The second-order valence-electron chi connectivity index (χ2n) is 3.85. The summed E-state index contributed by atoms with van der Waals surface area (Å²) >= 11 is 0. The van der Waals surface area contributed by atoms with E-state index in [2.05, 4.69) is 41.6 Å². The Hall–Kier alpha value is -1.57. The Morgan fingerprint density at radius 1 is 1.33 bits per heavy atom. The summed E-state index contributed by atoms with van der Waals surface area (Å²) in [6.07, 6.45) is 6.76. The Bertz CT molecular complexity index is 430. The quantitative estimate of drug-likeness (QED) is 0.745. The molecule has 0 bridgehead atoms. The monoisotopic (exact) mass is 200 g/mol. The van der Waals surface area contributed by atoms with Gasteiger partial charge in [-0.25, -0.2) is 4.98 Å². The van der Waals surface area contributed by atoms with Gasteiger partial charge in [-0.3, -0.25) is 0 Å². The predicted octanol–water partition coefficient (Wildman–Crippen LogP) is 2.80. The van der Waals surface area contributed by atoms with E-state index >= 15 is 0 Å². The fourth-order valence-corrected chi connectivity index (χ4v) is 1.84. The van der Waals surface area contributed by atoms with Gasteiger partial charge in [0.1, 0.15) is 0 Å². The molecule has 0 aliphatic carbocycles. The Kier molecular flexibility index (Phi) is 2.86. The van der Waals surface area contributed by atoms with Crippen LogP contribution in [0.15, 0.2) is 36.9 Å². The SMILES string of the molecule is CCc1ccc(Cn2ccnc2)cc1C. The van der Waals surface area contributed by atoms with Crippen LogP contribution in [0.2, 0.25) is 0 Å². The highest BCUT2D eigenvalue weighted by atomic mass is 15.0. The largest absolute Gasteiger partial charge is 0.333 e. The normalized spacial score (nSPS) is 10.5. The van der Waals surface area contributed by atoms with Crippen molar-refractivity contribution in [1.29, 1.82) is 0 Å². The number of hydrogen-bond acceptors (Lipinski definition) is 1. The van der Waals surface area contributed by atoms with Crippen molar-refractivity contribution in [3.63, 3.8) is 0 Å². The van der Waals surface area contributed by atoms with Crippen molar-refractivity contribution in [1.82, 2.24) is 9.55 Å². The van der Waals surface area contributed by atoms with Crippen molar-refractivity contribution in [2.45, 2.75) is 26.8 Å². The topological polar surface area (TPSA) is 17.8 Å². The molecule has 0 saturated heterocycles. The molecule has 78 valence electrons. The smallest absolute Gasteiger partial charge is 0.0949 e. The van der Waals surface area contributed by atoms with Gasteiger partial charge in [0.25, 0.3) is 0 Å². The van der Waals surface area contributed by atoms with E-state index in [1.54, 1.807) is 0 Å². The van der Waals surface area contributed by atoms with Gasteiger partial charge in [-0.05, 0) is 30.0 Å². The molecule has 1 heterocycles. The molecule has 0 spiro atoms. The van der Waals surface area contributed by atoms with Crippen LogP contribution in [0.5, 0.6) is 0 Å². The molecule has 0 amide bonds. The fourth-order valence-electron chi connectivity index (χ4n) is 1.84. The molecule has 0 aliphatic heterocycles. The van der Waals surface area contributed by atoms with Crippen LogP contribution in [-0.2, 0) is 13.0 Å². The lowest BCUT2D eigenvalue weighted by molar-refractivity contribution is 0.795. The highest BCUT2D eigenvalue weighted by molar-refractivity contribution is 5.31. The molecule has 0 atom stereocenters. The van der Waals surface area contributed by atoms with Crippen molar-refractivity contribution in [3.05, 3.63) is 53.6 Å². The predicted molar refractivity (Wildman–Crippen MR) is 61.9 cm³/mol. The highest BCUT2D eigenvalue weighted by Crippen LogP contribution is 2.12. The van der Waals surface area contributed by atoms with Crippen molar-refractivity contribution >= 4 is 0 Å². The molecule has 1 aromatic heterocycles. The zero-order valence-corrected chi connectivity index (χ0v) is 9.27. The number of hydrogen-bond donors (Lipinski definition) is 0. The van der Waals surface area contributed by atoms with Crippen LogP contribution in [-0.4, -0.2) is 9.55 Å². The molecule has 15 heavy (non-hydrogen) atoms. The third kappa shape index (κ3) is 2.27. The minimum absolute atomic E-state index is 0.908. The Morgan fingerprint density at radius 3 is 2.80 bits per heavy atom. The maximum atomic E-state index is 4.04. The lowest BCUT2D eigenvalue weighted by atomic mass is 10.0. The Balaban J connectivity index is 2.20. The molecule has 0 saturated carbocycles. The van der Waals surface area contributed by atoms with Gasteiger partial charge < -0.3 is 4.57 Å². The molecular formula is C13H16N2. The van der Waals surface area contributed by atoms with Gasteiger partial charge in [0.05, 0.1) is 6.33 Å². The van der Waals surface area contributed by atoms with Crippen LogP contribution in [0.4, 0.5) is 0 Å². The third-order valence-electron chi connectivity index (χ3n) is 2.71. The van der Waals surface area contributed by atoms with Crippen molar-refractivity contribution in [2.75, 3.05) is 0 Å². The van der Waals surface area contributed by atoms with Crippen LogP contribution in [0.25, 0.3) is 0 Å². The van der Waals surface area contributed by atoms with Gasteiger partial charge in [0, 0.05) is 18.9 Å². The first kappa shape index (κ1) is 9.97. The second-order valence-corrected chi connectivity index (χ2v) is 3.85. The van der Waals surface area contributed by atoms with Gasteiger partial charge >= 0.3 is 0 Å². The van der Waals surface area contributed by atoms with Crippen molar-refractivity contribution < 1.29 is 0 Å². The Labute approximate surface area is 90.6 Å². The molecular weight excluding hydrogens is 184 g/mol. The summed E-state index contributed by atoms with van der Waals surface area (Å²) in [7, 11) is 0. The lowest BCUT2D eigenvalue weighted by Crippen LogP contribution is -1.97. The van der Waals surface area contributed by atoms with Gasteiger partial charge in [-0.1, -0.05) is 25.1 Å². The summed E-state index contributed by atoms with van der Waals surface area (Å²) in [6.45, 7) is 5.28. The molecule has 0 radical (unpaired) electrons. The first-order valence-corrected chi connectivity index (χ1v) is 5.33. The van der Waals surface area contributed by atoms with Gasteiger partial charge in [-0.15, -0.1) is 0 Å². The number of nitrogens with zero attached hydrogens (tertiary/aromatic N) is 2. The average molecular weight is 200 g/mol. The molecule has 2 heteroatoms. The van der Waals surface area contributed by atoms with Gasteiger partial charge in [0.2, 0.25) is 0 Å². The first-order valence-electron chi connectivity index (χ1n) is 5.33. The standard InChI is InChI=1S/C13H16N2/c1-3-13-5-4-12(8-11(13)2)9-15-7-6-14-10-15/h4-8,10H,3,9H2,1-2H3. The van der Waals surface area contributed by atoms with Crippen LogP contribution < -0.4 is 0 Å². The van der Waals surface area contributed by atoms with Crippen LogP contribution in [0, 0.1) is 6.92 Å². The number of rotatable bonds is 3. The van der Waals surface area contributed by atoms with Crippen LogP contribution in [0.3, 0.4) is 0 Å². The molecule has 0 N–H and O–H groups in total. The molecule has 1 aromatic carbocycles.